The smallest absolute Gasteiger partial charge is 0.221 e. The highest BCUT2D eigenvalue weighted by molar-refractivity contribution is 5.92. The van der Waals surface area contributed by atoms with Crippen LogP contribution in [-0.4, -0.2) is 37.7 Å². The first kappa shape index (κ1) is 15.1. The number of carbonyl (C=O) groups excluding carboxylic acids is 1. The van der Waals surface area contributed by atoms with Crippen LogP contribution in [0.1, 0.15) is 6.42 Å². The molecular formula is C15H20N4O2. The minimum Gasteiger partial charge on any atom is -0.399 e. The number of carbonyl (C=O) groups is 1. The molecule has 1 aromatic carbocycles. The number of pyridine rings is 1. The van der Waals surface area contributed by atoms with E-state index in [0.717, 1.165) is 16.6 Å². The number of amides is 1. The molecule has 0 atom stereocenters. The zero-order valence-corrected chi connectivity index (χ0v) is 12.1. The summed E-state index contributed by atoms with van der Waals surface area (Å²) >= 11 is 0. The van der Waals surface area contributed by atoms with E-state index in [2.05, 4.69) is 15.6 Å². The maximum atomic E-state index is 11.6. The van der Waals surface area contributed by atoms with E-state index in [1.54, 1.807) is 13.3 Å². The Labute approximate surface area is 123 Å². The molecule has 1 amide bonds. The van der Waals surface area contributed by atoms with Gasteiger partial charge in [0, 0.05) is 49.6 Å². The van der Waals surface area contributed by atoms with Crippen molar-refractivity contribution in [2.75, 3.05) is 37.9 Å². The van der Waals surface area contributed by atoms with E-state index in [0.29, 0.717) is 31.8 Å². The van der Waals surface area contributed by atoms with Crippen LogP contribution in [-0.2, 0) is 9.53 Å². The molecule has 0 unspecified atom stereocenters. The molecule has 0 spiro atoms. The van der Waals surface area contributed by atoms with Crippen molar-refractivity contribution in [1.29, 1.82) is 0 Å². The fourth-order valence-corrected chi connectivity index (χ4v) is 2.01. The van der Waals surface area contributed by atoms with Gasteiger partial charge in [0.2, 0.25) is 5.91 Å². The lowest BCUT2D eigenvalue weighted by molar-refractivity contribution is -0.121. The van der Waals surface area contributed by atoms with Crippen LogP contribution in [0, 0.1) is 0 Å². The molecule has 0 aliphatic rings. The number of nitrogens with zero attached hydrogens (tertiary/aromatic N) is 1. The Hall–Kier alpha value is -2.34. The summed E-state index contributed by atoms with van der Waals surface area (Å²) in [6, 6.07) is 7.49. The van der Waals surface area contributed by atoms with Crippen molar-refractivity contribution < 1.29 is 9.53 Å². The molecule has 6 heteroatoms. The second kappa shape index (κ2) is 7.44. The third-order valence-electron chi connectivity index (χ3n) is 3.06. The number of hydrogen-bond acceptors (Lipinski definition) is 5. The SMILES string of the molecule is COCCNC(=O)CCNc1ccnc2cc(N)ccc12. The Kier molecular flexibility index (Phi) is 5.34. The molecule has 0 fully saturated rings. The number of hydrogen-bond donors (Lipinski definition) is 3. The van der Waals surface area contributed by atoms with Gasteiger partial charge in [-0.15, -0.1) is 0 Å². The van der Waals surface area contributed by atoms with Gasteiger partial charge in [-0.25, -0.2) is 0 Å². The Bertz CT molecular complexity index is 616. The molecule has 1 aromatic heterocycles. The number of anilines is 2. The number of ether oxygens (including phenoxy) is 1. The number of nitrogens with two attached hydrogens (primary N) is 1. The molecule has 6 nitrogen and oxygen atoms in total. The van der Waals surface area contributed by atoms with Crippen molar-refractivity contribution in [2.45, 2.75) is 6.42 Å². The number of nitrogens with one attached hydrogen (secondary N) is 2. The normalized spacial score (nSPS) is 10.5. The van der Waals surface area contributed by atoms with Gasteiger partial charge < -0.3 is 21.1 Å². The first-order valence-corrected chi connectivity index (χ1v) is 6.84. The van der Waals surface area contributed by atoms with Gasteiger partial charge in [0.15, 0.2) is 0 Å². The largest absolute Gasteiger partial charge is 0.399 e. The molecule has 0 aliphatic heterocycles. The van der Waals surface area contributed by atoms with E-state index in [9.17, 15) is 4.79 Å². The molecule has 0 saturated heterocycles. The van der Waals surface area contributed by atoms with E-state index in [-0.39, 0.29) is 5.91 Å². The van der Waals surface area contributed by atoms with Crippen molar-refractivity contribution in [2.24, 2.45) is 0 Å². The standard InChI is InChI=1S/C15H20N4O2/c1-21-9-8-19-15(20)5-7-17-13-4-6-18-14-10-11(16)2-3-12(13)14/h2-4,6,10H,5,7-9,16H2,1H3,(H,17,18)(H,19,20). The number of aromatic nitrogens is 1. The average Bonchev–Trinajstić information content (AvgIpc) is 2.47. The van der Waals surface area contributed by atoms with Crippen molar-refractivity contribution in [3.8, 4) is 0 Å². The monoisotopic (exact) mass is 288 g/mol. The van der Waals surface area contributed by atoms with Crippen LogP contribution < -0.4 is 16.4 Å². The number of rotatable bonds is 7. The summed E-state index contributed by atoms with van der Waals surface area (Å²) in [4.78, 5) is 15.9. The third kappa shape index (κ3) is 4.32. The maximum Gasteiger partial charge on any atom is 0.221 e. The summed E-state index contributed by atoms with van der Waals surface area (Å²) in [5.74, 6) is 0.00200. The zero-order chi connectivity index (χ0) is 15.1. The van der Waals surface area contributed by atoms with Crippen LogP contribution in [0.3, 0.4) is 0 Å². The van der Waals surface area contributed by atoms with Crippen molar-refractivity contribution in [1.82, 2.24) is 10.3 Å². The maximum absolute atomic E-state index is 11.6. The van der Waals surface area contributed by atoms with Crippen LogP contribution in [0.5, 0.6) is 0 Å². The van der Waals surface area contributed by atoms with Gasteiger partial charge in [0.05, 0.1) is 12.1 Å². The zero-order valence-electron chi connectivity index (χ0n) is 12.1. The lowest BCUT2D eigenvalue weighted by Gasteiger charge is -2.10. The number of benzene rings is 1. The fourth-order valence-electron chi connectivity index (χ4n) is 2.01. The van der Waals surface area contributed by atoms with E-state index in [1.165, 1.54) is 0 Å². The topological polar surface area (TPSA) is 89.3 Å². The molecular weight excluding hydrogens is 268 g/mol. The highest BCUT2D eigenvalue weighted by Crippen LogP contribution is 2.23. The van der Waals surface area contributed by atoms with Crippen LogP contribution in [0.4, 0.5) is 11.4 Å². The van der Waals surface area contributed by atoms with Crippen LogP contribution in [0.15, 0.2) is 30.5 Å². The molecule has 1 heterocycles. The van der Waals surface area contributed by atoms with Crippen molar-refractivity contribution >= 4 is 28.2 Å². The Morgan fingerprint density at radius 3 is 3.00 bits per heavy atom. The quantitative estimate of drug-likeness (QED) is 0.529. The average molecular weight is 288 g/mol. The van der Waals surface area contributed by atoms with E-state index < -0.39 is 0 Å². The molecule has 4 N–H and O–H groups in total. The Balaban J connectivity index is 1.90. The lowest BCUT2D eigenvalue weighted by atomic mass is 10.1. The highest BCUT2D eigenvalue weighted by Gasteiger charge is 2.04. The second-order valence-corrected chi connectivity index (χ2v) is 4.65. The predicted octanol–water partition coefficient (Wildman–Crippen LogP) is 1.38. The molecule has 2 aromatic rings. The molecule has 0 radical (unpaired) electrons. The summed E-state index contributed by atoms with van der Waals surface area (Å²) in [6.45, 7) is 1.62. The lowest BCUT2D eigenvalue weighted by Crippen LogP contribution is -2.28. The van der Waals surface area contributed by atoms with Gasteiger partial charge in [-0.2, -0.15) is 0 Å². The van der Waals surface area contributed by atoms with Crippen LogP contribution >= 0.6 is 0 Å². The molecule has 112 valence electrons. The van der Waals surface area contributed by atoms with E-state index in [4.69, 9.17) is 10.5 Å². The first-order chi connectivity index (χ1) is 10.2. The summed E-state index contributed by atoms with van der Waals surface area (Å²) in [6.07, 6.45) is 2.13. The van der Waals surface area contributed by atoms with Gasteiger partial charge in [0.1, 0.15) is 0 Å². The minimum atomic E-state index is 0.00200. The van der Waals surface area contributed by atoms with Crippen LogP contribution in [0.25, 0.3) is 10.9 Å². The third-order valence-corrected chi connectivity index (χ3v) is 3.06. The van der Waals surface area contributed by atoms with Crippen molar-refractivity contribution in [3.63, 3.8) is 0 Å². The minimum absolute atomic E-state index is 0.00200. The van der Waals surface area contributed by atoms with Gasteiger partial charge in [-0.3, -0.25) is 9.78 Å². The molecule has 0 saturated carbocycles. The van der Waals surface area contributed by atoms with E-state index >= 15 is 0 Å². The molecule has 0 bridgehead atoms. The number of fused-ring (bicyclic) bond motifs is 1. The summed E-state index contributed by atoms with van der Waals surface area (Å²) < 4.78 is 4.88. The number of methoxy groups -OCH3 is 1. The summed E-state index contributed by atoms with van der Waals surface area (Å²) in [7, 11) is 1.61. The van der Waals surface area contributed by atoms with Gasteiger partial charge in [-0.05, 0) is 24.3 Å². The summed E-state index contributed by atoms with van der Waals surface area (Å²) in [5.41, 5.74) is 8.22. The first-order valence-electron chi connectivity index (χ1n) is 6.84. The van der Waals surface area contributed by atoms with E-state index in [1.807, 2.05) is 24.3 Å². The van der Waals surface area contributed by atoms with Crippen molar-refractivity contribution in [3.05, 3.63) is 30.5 Å². The molecule has 2 rings (SSSR count). The molecule has 0 aliphatic carbocycles. The van der Waals surface area contributed by atoms with Gasteiger partial charge >= 0.3 is 0 Å². The Morgan fingerprint density at radius 1 is 1.33 bits per heavy atom. The highest BCUT2D eigenvalue weighted by atomic mass is 16.5. The van der Waals surface area contributed by atoms with Gasteiger partial charge in [0.25, 0.3) is 0 Å². The van der Waals surface area contributed by atoms with Crippen LogP contribution in [0.2, 0.25) is 0 Å². The number of nitrogen functional groups attached to an aromatic ring is 1. The Morgan fingerprint density at radius 2 is 2.19 bits per heavy atom. The fraction of sp³-hybridized carbons (Fsp3) is 0.333. The second-order valence-electron chi connectivity index (χ2n) is 4.65. The van der Waals surface area contributed by atoms with Gasteiger partial charge in [-0.1, -0.05) is 0 Å². The predicted molar refractivity (Wildman–Crippen MR) is 84.1 cm³/mol. The molecule has 21 heavy (non-hydrogen) atoms. The summed E-state index contributed by atoms with van der Waals surface area (Å²) in [5, 5.41) is 7.03.